The van der Waals surface area contributed by atoms with E-state index in [1.54, 1.807) is 12.4 Å². The molecule has 2 unspecified atom stereocenters. The zero-order valence-corrected chi connectivity index (χ0v) is 32.1. The molecule has 0 saturated carbocycles. The minimum atomic E-state index is 0.131. The van der Waals surface area contributed by atoms with Gasteiger partial charge in [-0.05, 0) is 101 Å². The molecule has 12 heteroatoms. The van der Waals surface area contributed by atoms with Crippen LogP contribution in [0.4, 0.5) is 0 Å². The lowest BCUT2D eigenvalue weighted by Gasteiger charge is -2.10. The highest BCUT2D eigenvalue weighted by molar-refractivity contribution is 7.81. The monoisotopic (exact) mass is 738 g/mol. The average Bonchev–Trinajstić information content (AvgIpc) is 3.08. The Morgan fingerprint density at radius 2 is 1.04 bits per heavy atom. The number of ether oxygens (including phenoxy) is 2. The molecule has 48 heavy (non-hydrogen) atoms. The number of nitrogens with one attached hydrogen (secondary N) is 2. The fourth-order valence-electron chi connectivity index (χ4n) is 5.02. The van der Waals surface area contributed by atoms with Crippen molar-refractivity contribution in [2.75, 3.05) is 37.8 Å². The van der Waals surface area contributed by atoms with E-state index in [4.69, 9.17) is 9.47 Å². The Morgan fingerprint density at radius 3 is 1.46 bits per heavy atom. The Bertz CT molecular complexity index is 1060. The van der Waals surface area contributed by atoms with Gasteiger partial charge in [0.05, 0.1) is 24.6 Å². The van der Waals surface area contributed by atoms with Gasteiger partial charge in [-0.15, -0.1) is 0 Å². The van der Waals surface area contributed by atoms with E-state index in [2.05, 4.69) is 71.1 Å². The third-order valence-corrected chi connectivity index (χ3v) is 9.41. The molecule has 0 aliphatic rings. The number of amides is 2. The van der Waals surface area contributed by atoms with Crippen LogP contribution in [0.1, 0.15) is 103 Å². The minimum absolute atomic E-state index is 0.131. The number of nitrogens with zero attached hydrogens (tertiary/aromatic N) is 2. The molecule has 2 heterocycles. The highest BCUT2D eigenvalue weighted by Gasteiger charge is 2.08. The van der Waals surface area contributed by atoms with Crippen molar-refractivity contribution in [1.82, 2.24) is 20.6 Å². The predicted octanol–water partition coefficient (Wildman–Crippen LogP) is 7.83. The van der Waals surface area contributed by atoms with Crippen LogP contribution in [-0.4, -0.2) is 70.1 Å². The standard InChI is InChI=1S/C36H58N4O4S4/c41-35(13-5-3-11-31(47)17-25-45)39-19-7-1-9-23-43-29-15-21-37-33(27-29)34-28-30(16-22-38-34)44-24-10-2-8-20-40-36(42)14-6-4-12-32(48)18-26-46/h15-16,21-22,27-28,31-32,45-48H,1-14,17-20,23-26H2,(H,39,41)(H,40,42). The summed E-state index contributed by atoms with van der Waals surface area (Å²) in [5.41, 5.74) is 1.46. The van der Waals surface area contributed by atoms with Crippen LogP contribution in [0.25, 0.3) is 11.4 Å². The third-order valence-electron chi connectivity index (χ3n) is 7.86. The molecule has 270 valence electrons. The molecule has 0 aromatic carbocycles. The van der Waals surface area contributed by atoms with Crippen LogP contribution in [0.5, 0.6) is 11.5 Å². The smallest absolute Gasteiger partial charge is 0.219 e. The summed E-state index contributed by atoms with van der Waals surface area (Å²) in [6.45, 7) is 2.60. The molecule has 0 fully saturated rings. The molecule has 2 rings (SSSR count). The van der Waals surface area contributed by atoms with Gasteiger partial charge in [0, 0.05) is 61.0 Å². The van der Waals surface area contributed by atoms with Gasteiger partial charge in [-0.3, -0.25) is 19.6 Å². The number of carbonyl (C=O) groups excluding carboxylic acids is 2. The third kappa shape index (κ3) is 21.4. The van der Waals surface area contributed by atoms with Gasteiger partial charge in [-0.2, -0.15) is 50.5 Å². The van der Waals surface area contributed by atoms with Crippen LogP contribution in [0.15, 0.2) is 36.7 Å². The lowest BCUT2D eigenvalue weighted by Crippen LogP contribution is -2.24. The highest BCUT2D eigenvalue weighted by atomic mass is 32.1. The molecule has 0 saturated heterocycles. The topological polar surface area (TPSA) is 102 Å². The molecule has 0 bridgehead atoms. The SMILES string of the molecule is O=C(CCCCC(S)CCS)NCCCCCOc1ccnc(-c2cc(OCCCCCNC(=O)CCCCC(S)CCS)ccn2)c1. The predicted molar refractivity (Wildman–Crippen MR) is 212 cm³/mol. The number of aromatic nitrogens is 2. The molecule has 0 radical (unpaired) electrons. The number of thiol groups is 4. The maximum Gasteiger partial charge on any atom is 0.219 e. The summed E-state index contributed by atoms with van der Waals surface area (Å²) in [6, 6.07) is 7.50. The van der Waals surface area contributed by atoms with Gasteiger partial charge in [-0.1, -0.05) is 12.8 Å². The van der Waals surface area contributed by atoms with E-state index in [0.29, 0.717) is 49.6 Å². The van der Waals surface area contributed by atoms with Crippen molar-refractivity contribution in [3.8, 4) is 22.9 Å². The second-order valence-electron chi connectivity index (χ2n) is 12.1. The van der Waals surface area contributed by atoms with Crippen molar-refractivity contribution in [2.24, 2.45) is 0 Å². The summed E-state index contributed by atoms with van der Waals surface area (Å²) < 4.78 is 11.9. The Balaban J connectivity index is 1.54. The number of rotatable bonds is 29. The molecule has 2 aromatic heterocycles. The van der Waals surface area contributed by atoms with Gasteiger partial charge in [0.15, 0.2) is 0 Å². The van der Waals surface area contributed by atoms with E-state index in [-0.39, 0.29) is 11.8 Å². The molecule has 8 nitrogen and oxygen atoms in total. The first-order valence-electron chi connectivity index (χ1n) is 17.7. The molecular formula is C36H58N4O4S4. The lowest BCUT2D eigenvalue weighted by molar-refractivity contribution is -0.122. The summed E-state index contributed by atoms with van der Waals surface area (Å²) in [5.74, 6) is 3.48. The average molecular weight is 739 g/mol. The Labute approximate surface area is 311 Å². The van der Waals surface area contributed by atoms with Crippen molar-refractivity contribution < 1.29 is 19.1 Å². The largest absolute Gasteiger partial charge is 0.493 e. The van der Waals surface area contributed by atoms with Crippen molar-refractivity contribution in [3.05, 3.63) is 36.7 Å². The van der Waals surface area contributed by atoms with Gasteiger partial charge >= 0.3 is 0 Å². The molecular weight excluding hydrogens is 681 g/mol. The maximum atomic E-state index is 12.0. The van der Waals surface area contributed by atoms with Crippen LogP contribution in [0.2, 0.25) is 0 Å². The van der Waals surface area contributed by atoms with Gasteiger partial charge in [0.2, 0.25) is 11.8 Å². The maximum absolute atomic E-state index is 12.0. The van der Waals surface area contributed by atoms with E-state index < -0.39 is 0 Å². The first kappa shape index (κ1) is 42.4. The Kier molecular flexibility index (Phi) is 24.7. The van der Waals surface area contributed by atoms with Crippen LogP contribution >= 0.6 is 50.5 Å². The van der Waals surface area contributed by atoms with Gasteiger partial charge in [0.25, 0.3) is 0 Å². The summed E-state index contributed by atoms with van der Waals surface area (Å²) >= 11 is 17.6. The summed E-state index contributed by atoms with van der Waals surface area (Å²) in [7, 11) is 0. The van der Waals surface area contributed by atoms with E-state index in [1.165, 1.54) is 0 Å². The fourth-order valence-corrected chi connectivity index (χ4v) is 6.67. The number of carbonyl (C=O) groups is 2. The van der Waals surface area contributed by atoms with Gasteiger partial charge < -0.3 is 20.1 Å². The van der Waals surface area contributed by atoms with E-state index in [0.717, 1.165) is 124 Å². The van der Waals surface area contributed by atoms with Crippen molar-refractivity contribution in [3.63, 3.8) is 0 Å². The van der Waals surface area contributed by atoms with Crippen molar-refractivity contribution in [2.45, 2.75) is 113 Å². The van der Waals surface area contributed by atoms with Crippen LogP contribution in [0, 0.1) is 0 Å². The zero-order valence-electron chi connectivity index (χ0n) is 28.5. The second kappa shape index (κ2) is 28.0. The van der Waals surface area contributed by atoms with Crippen LogP contribution in [-0.2, 0) is 9.59 Å². The second-order valence-corrected chi connectivity index (χ2v) is 14.5. The van der Waals surface area contributed by atoms with E-state index in [1.807, 2.05) is 24.3 Å². The fraction of sp³-hybridized carbons (Fsp3) is 0.667. The highest BCUT2D eigenvalue weighted by Crippen LogP contribution is 2.23. The number of hydrogen-bond acceptors (Lipinski definition) is 10. The Hall–Kier alpha value is -1.76. The van der Waals surface area contributed by atoms with Crippen molar-refractivity contribution in [1.29, 1.82) is 0 Å². The van der Waals surface area contributed by atoms with Crippen LogP contribution < -0.4 is 20.1 Å². The number of unbranched alkanes of at least 4 members (excludes halogenated alkanes) is 6. The van der Waals surface area contributed by atoms with Crippen molar-refractivity contribution >= 4 is 62.3 Å². The zero-order chi connectivity index (χ0) is 34.7. The normalized spacial score (nSPS) is 12.3. The summed E-state index contributed by atoms with van der Waals surface area (Å²) in [5, 5.41) is 6.81. The van der Waals surface area contributed by atoms with Gasteiger partial charge in [-0.25, -0.2) is 0 Å². The number of pyridine rings is 2. The number of hydrogen-bond donors (Lipinski definition) is 6. The molecule has 2 atom stereocenters. The van der Waals surface area contributed by atoms with E-state index in [9.17, 15) is 9.59 Å². The molecule has 2 N–H and O–H groups in total. The van der Waals surface area contributed by atoms with E-state index >= 15 is 0 Å². The summed E-state index contributed by atoms with van der Waals surface area (Å²) in [4.78, 5) is 33.0. The molecule has 2 amide bonds. The molecule has 2 aromatic rings. The van der Waals surface area contributed by atoms with Gasteiger partial charge in [0.1, 0.15) is 11.5 Å². The first-order valence-corrected chi connectivity index (χ1v) is 20.0. The van der Waals surface area contributed by atoms with Crippen LogP contribution in [0.3, 0.4) is 0 Å². The quantitative estimate of drug-likeness (QED) is 0.0376. The minimum Gasteiger partial charge on any atom is -0.493 e. The Morgan fingerprint density at radius 1 is 0.604 bits per heavy atom. The molecule has 0 aliphatic carbocycles. The molecule has 0 aliphatic heterocycles. The lowest BCUT2D eigenvalue weighted by atomic mass is 10.1. The molecule has 0 spiro atoms. The first-order chi connectivity index (χ1) is 23.4. The summed E-state index contributed by atoms with van der Waals surface area (Å²) in [6.07, 6.45) is 18.2.